The fourth-order valence-electron chi connectivity index (χ4n) is 2.21. The zero-order valence-electron chi connectivity index (χ0n) is 9.75. The Morgan fingerprint density at radius 3 is 2.40 bits per heavy atom. The Hall–Kier alpha value is -0.160. The number of piperidine rings is 1. The summed E-state index contributed by atoms with van der Waals surface area (Å²) in [5.41, 5.74) is 11.0. The van der Waals surface area contributed by atoms with E-state index in [1.807, 2.05) is 0 Å². The van der Waals surface area contributed by atoms with Gasteiger partial charge in [-0.05, 0) is 44.8 Å². The lowest BCUT2D eigenvalue weighted by Crippen LogP contribution is -2.37. The van der Waals surface area contributed by atoms with Crippen molar-refractivity contribution in [3.8, 4) is 0 Å². The monoisotopic (exact) mass is 214 g/mol. The number of hydrogen-bond acceptors (Lipinski definition) is 4. The van der Waals surface area contributed by atoms with Crippen LogP contribution in [0.3, 0.4) is 0 Å². The zero-order chi connectivity index (χ0) is 10.9. The highest BCUT2D eigenvalue weighted by molar-refractivity contribution is 4.73. The first-order chi connectivity index (χ1) is 7.36. The third kappa shape index (κ3) is 5.47. The Labute approximate surface area is 93.4 Å². The molecule has 1 fully saturated rings. The van der Waals surface area contributed by atoms with Gasteiger partial charge in [-0.25, -0.2) is 0 Å². The number of nitrogens with one attached hydrogen (secondary N) is 1. The molecule has 0 spiro atoms. The van der Waals surface area contributed by atoms with Gasteiger partial charge in [0.05, 0.1) is 0 Å². The van der Waals surface area contributed by atoms with Crippen LogP contribution in [0.5, 0.6) is 0 Å². The summed E-state index contributed by atoms with van der Waals surface area (Å²) in [6, 6.07) is 0. The molecule has 1 aliphatic rings. The maximum atomic E-state index is 5.54. The van der Waals surface area contributed by atoms with Crippen LogP contribution in [0.25, 0.3) is 0 Å². The van der Waals surface area contributed by atoms with Crippen LogP contribution in [0.15, 0.2) is 0 Å². The van der Waals surface area contributed by atoms with E-state index in [-0.39, 0.29) is 0 Å². The average molecular weight is 214 g/mol. The predicted molar refractivity (Wildman–Crippen MR) is 64.8 cm³/mol. The molecule has 0 bridgehead atoms. The van der Waals surface area contributed by atoms with Crippen LogP contribution in [0.2, 0.25) is 0 Å². The lowest BCUT2D eigenvalue weighted by Gasteiger charge is -2.31. The van der Waals surface area contributed by atoms with Crippen LogP contribution in [0.4, 0.5) is 0 Å². The molecule has 0 unspecified atom stereocenters. The smallest absolute Gasteiger partial charge is 0.0105 e. The van der Waals surface area contributed by atoms with Crippen molar-refractivity contribution in [2.75, 3.05) is 45.8 Å². The fourth-order valence-corrected chi connectivity index (χ4v) is 2.21. The van der Waals surface area contributed by atoms with Crippen molar-refractivity contribution in [3.63, 3.8) is 0 Å². The Morgan fingerprint density at radius 1 is 1.07 bits per heavy atom. The van der Waals surface area contributed by atoms with Gasteiger partial charge in [-0.1, -0.05) is 0 Å². The molecular weight excluding hydrogens is 188 g/mol. The number of rotatable bonds is 7. The van der Waals surface area contributed by atoms with Gasteiger partial charge >= 0.3 is 0 Å². The van der Waals surface area contributed by atoms with Crippen LogP contribution in [0, 0.1) is 5.92 Å². The summed E-state index contributed by atoms with van der Waals surface area (Å²) in [5.74, 6) is 0.907. The Morgan fingerprint density at radius 2 is 1.80 bits per heavy atom. The fraction of sp³-hybridized carbons (Fsp3) is 1.00. The van der Waals surface area contributed by atoms with Gasteiger partial charge in [0.1, 0.15) is 0 Å². The largest absolute Gasteiger partial charge is 0.329 e. The molecule has 0 aromatic rings. The van der Waals surface area contributed by atoms with Crippen molar-refractivity contribution in [3.05, 3.63) is 0 Å². The van der Waals surface area contributed by atoms with E-state index in [1.54, 1.807) is 0 Å². The van der Waals surface area contributed by atoms with E-state index < -0.39 is 0 Å². The van der Waals surface area contributed by atoms with E-state index in [2.05, 4.69) is 10.2 Å². The van der Waals surface area contributed by atoms with Crippen LogP contribution >= 0.6 is 0 Å². The van der Waals surface area contributed by atoms with Crippen LogP contribution in [-0.2, 0) is 0 Å². The molecule has 1 aliphatic heterocycles. The SMILES string of the molecule is NCCNCCC1CCN(CCN)CC1. The Bertz CT molecular complexity index is 141. The highest BCUT2D eigenvalue weighted by atomic mass is 15.1. The van der Waals surface area contributed by atoms with E-state index in [0.717, 1.165) is 38.6 Å². The second kappa shape index (κ2) is 8.05. The summed E-state index contributed by atoms with van der Waals surface area (Å²) in [6.45, 7) is 7.15. The van der Waals surface area contributed by atoms with Gasteiger partial charge in [0, 0.05) is 26.2 Å². The molecule has 4 heteroatoms. The summed E-state index contributed by atoms with van der Waals surface area (Å²) in [5, 5.41) is 3.36. The van der Waals surface area contributed by atoms with E-state index >= 15 is 0 Å². The standard InChI is InChI=1S/C11H26N4/c12-4-7-14-6-1-11-2-8-15(9-3-11)10-5-13/h11,14H,1-10,12-13H2. The number of nitrogens with two attached hydrogens (primary N) is 2. The van der Waals surface area contributed by atoms with Crippen LogP contribution in [0.1, 0.15) is 19.3 Å². The number of likely N-dealkylation sites (tertiary alicyclic amines) is 1. The van der Waals surface area contributed by atoms with Crippen molar-refractivity contribution >= 4 is 0 Å². The summed E-state index contributed by atoms with van der Waals surface area (Å²) < 4.78 is 0. The van der Waals surface area contributed by atoms with Gasteiger partial charge in [0.2, 0.25) is 0 Å². The zero-order valence-corrected chi connectivity index (χ0v) is 9.75. The van der Waals surface area contributed by atoms with E-state index in [0.29, 0.717) is 0 Å². The minimum absolute atomic E-state index is 0.745. The Balaban J connectivity index is 1.99. The van der Waals surface area contributed by atoms with Gasteiger partial charge in [-0.3, -0.25) is 0 Å². The third-order valence-corrected chi connectivity index (χ3v) is 3.20. The minimum atomic E-state index is 0.745. The highest BCUT2D eigenvalue weighted by Gasteiger charge is 2.17. The average Bonchev–Trinajstić information content (AvgIpc) is 2.27. The molecule has 4 nitrogen and oxygen atoms in total. The predicted octanol–water partition coefficient (Wildman–Crippen LogP) is -0.404. The van der Waals surface area contributed by atoms with Gasteiger partial charge in [0.15, 0.2) is 0 Å². The highest BCUT2D eigenvalue weighted by Crippen LogP contribution is 2.19. The molecule has 1 saturated heterocycles. The Kier molecular flexibility index (Phi) is 6.92. The van der Waals surface area contributed by atoms with Crippen LogP contribution in [-0.4, -0.2) is 50.7 Å². The molecule has 0 aromatic carbocycles. The lowest BCUT2D eigenvalue weighted by atomic mass is 9.93. The first-order valence-electron chi connectivity index (χ1n) is 6.20. The molecule has 15 heavy (non-hydrogen) atoms. The summed E-state index contributed by atoms with van der Waals surface area (Å²) >= 11 is 0. The van der Waals surface area contributed by atoms with Crippen molar-refractivity contribution in [1.29, 1.82) is 0 Å². The molecule has 1 rings (SSSR count). The van der Waals surface area contributed by atoms with Gasteiger partial charge in [0.25, 0.3) is 0 Å². The molecule has 0 aliphatic carbocycles. The molecule has 0 radical (unpaired) electrons. The third-order valence-electron chi connectivity index (χ3n) is 3.20. The lowest BCUT2D eigenvalue weighted by molar-refractivity contribution is 0.183. The van der Waals surface area contributed by atoms with E-state index in [1.165, 1.54) is 32.4 Å². The molecular formula is C11H26N4. The first-order valence-corrected chi connectivity index (χ1v) is 6.20. The van der Waals surface area contributed by atoms with Gasteiger partial charge < -0.3 is 21.7 Å². The van der Waals surface area contributed by atoms with E-state index in [9.17, 15) is 0 Å². The minimum Gasteiger partial charge on any atom is -0.329 e. The number of hydrogen-bond donors (Lipinski definition) is 3. The molecule has 0 amide bonds. The van der Waals surface area contributed by atoms with Gasteiger partial charge in [-0.15, -0.1) is 0 Å². The normalized spacial score (nSPS) is 19.6. The number of nitrogens with zero attached hydrogens (tertiary/aromatic N) is 1. The van der Waals surface area contributed by atoms with Crippen LogP contribution < -0.4 is 16.8 Å². The second-order valence-electron chi connectivity index (χ2n) is 4.40. The van der Waals surface area contributed by atoms with Gasteiger partial charge in [-0.2, -0.15) is 0 Å². The van der Waals surface area contributed by atoms with Crippen molar-refractivity contribution < 1.29 is 0 Å². The molecule has 0 atom stereocenters. The summed E-state index contributed by atoms with van der Waals surface area (Å²) in [4.78, 5) is 2.48. The van der Waals surface area contributed by atoms with E-state index in [4.69, 9.17) is 11.5 Å². The summed E-state index contributed by atoms with van der Waals surface area (Å²) in [6.07, 6.45) is 3.98. The second-order valence-corrected chi connectivity index (χ2v) is 4.40. The van der Waals surface area contributed by atoms with Crippen molar-refractivity contribution in [2.45, 2.75) is 19.3 Å². The molecule has 0 saturated carbocycles. The summed E-state index contributed by atoms with van der Waals surface area (Å²) in [7, 11) is 0. The maximum absolute atomic E-state index is 5.54. The molecule has 90 valence electrons. The molecule has 5 N–H and O–H groups in total. The molecule has 0 aromatic heterocycles. The van der Waals surface area contributed by atoms with Crippen molar-refractivity contribution in [2.24, 2.45) is 17.4 Å². The van der Waals surface area contributed by atoms with Crippen molar-refractivity contribution in [1.82, 2.24) is 10.2 Å². The topological polar surface area (TPSA) is 67.3 Å². The maximum Gasteiger partial charge on any atom is 0.0105 e. The molecule has 1 heterocycles. The first kappa shape index (κ1) is 12.9. The quantitative estimate of drug-likeness (QED) is 0.504.